The molecule has 1 aromatic rings. The summed E-state index contributed by atoms with van der Waals surface area (Å²) in [6.07, 6.45) is 3.64. The highest BCUT2D eigenvalue weighted by atomic mass is 32.1. The van der Waals surface area contributed by atoms with Crippen molar-refractivity contribution in [3.05, 3.63) is 4.88 Å². The molecule has 1 aliphatic rings. The molecule has 1 heterocycles. The molecule has 0 bridgehead atoms. The zero-order chi connectivity index (χ0) is 14.8. The number of hydrogen-bond acceptors (Lipinski definition) is 5. The van der Waals surface area contributed by atoms with E-state index in [-0.39, 0.29) is 11.3 Å². The molecule has 0 aliphatic heterocycles. The third-order valence-corrected chi connectivity index (χ3v) is 4.79. The fraction of sp³-hybridized carbons (Fsp3) is 0.714. The van der Waals surface area contributed by atoms with Gasteiger partial charge in [-0.05, 0) is 24.2 Å². The van der Waals surface area contributed by atoms with Crippen LogP contribution in [0.15, 0.2) is 0 Å². The molecule has 4 N–H and O–H groups in total. The second-order valence-electron chi connectivity index (χ2n) is 6.36. The Kier molecular flexibility index (Phi) is 4.52. The van der Waals surface area contributed by atoms with E-state index in [2.05, 4.69) is 36.4 Å². The fourth-order valence-corrected chi connectivity index (χ4v) is 3.00. The van der Waals surface area contributed by atoms with Gasteiger partial charge in [-0.25, -0.2) is 4.98 Å². The minimum Gasteiger partial charge on any atom is -0.382 e. The molecule has 0 spiro atoms. The Morgan fingerprint density at radius 1 is 1.50 bits per heavy atom. The maximum atomic E-state index is 12.2. The van der Waals surface area contributed by atoms with Gasteiger partial charge in [0.2, 0.25) is 0 Å². The Balaban J connectivity index is 1.91. The largest absolute Gasteiger partial charge is 0.382 e. The summed E-state index contributed by atoms with van der Waals surface area (Å²) in [6.45, 7) is 8.00. The summed E-state index contributed by atoms with van der Waals surface area (Å²) in [5.41, 5.74) is 6.10. The number of carbonyl (C=O) groups is 1. The van der Waals surface area contributed by atoms with Gasteiger partial charge < -0.3 is 16.4 Å². The molecule has 1 saturated carbocycles. The van der Waals surface area contributed by atoms with Gasteiger partial charge in [-0.15, -0.1) is 0 Å². The number of anilines is 2. The first kappa shape index (κ1) is 15.1. The lowest BCUT2D eigenvalue weighted by atomic mass is 9.70. The Hall–Kier alpha value is -1.30. The molecule has 0 aromatic carbocycles. The van der Waals surface area contributed by atoms with Gasteiger partial charge in [-0.3, -0.25) is 4.79 Å². The first-order chi connectivity index (χ1) is 9.39. The third kappa shape index (κ3) is 3.62. The lowest BCUT2D eigenvalue weighted by molar-refractivity contribution is 0.0895. The number of amides is 1. The van der Waals surface area contributed by atoms with Gasteiger partial charge in [0.1, 0.15) is 10.7 Å². The number of nitrogens with one attached hydrogen (secondary N) is 2. The Morgan fingerprint density at radius 3 is 2.75 bits per heavy atom. The van der Waals surface area contributed by atoms with E-state index in [1.807, 2.05) is 0 Å². The second kappa shape index (κ2) is 5.99. The number of nitrogens with two attached hydrogens (primary N) is 1. The molecule has 5 nitrogen and oxygen atoms in total. The van der Waals surface area contributed by atoms with Crippen molar-refractivity contribution in [2.24, 2.45) is 11.3 Å². The first-order valence-electron chi connectivity index (χ1n) is 7.18. The molecular formula is C14H24N4OS. The van der Waals surface area contributed by atoms with E-state index in [9.17, 15) is 4.79 Å². The molecule has 1 aliphatic carbocycles. The summed E-state index contributed by atoms with van der Waals surface area (Å²) in [5, 5.41) is 6.91. The van der Waals surface area contributed by atoms with Crippen molar-refractivity contribution in [1.82, 2.24) is 10.3 Å². The molecule has 20 heavy (non-hydrogen) atoms. The predicted molar refractivity (Wildman–Crippen MR) is 84.1 cm³/mol. The summed E-state index contributed by atoms with van der Waals surface area (Å²) in [5.74, 6) is 0.735. The molecule has 1 fully saturated rings. The molecule has 0 unspecified atom stereocenters. The van der Waals surface area contributed by atoms with Crippen molar-refractivity contribution in [3.63, 3.8) is 0 Å². The van der Waals surface area contributed by atoms with Crippen molar-refractivity contribution in [2.75, 3.05) is 24.1 Å². The maximum absolute atomic E-state index is 12.2. The normalized spacial score (nSPS) is 16.8. The van der Waals surface area contributed by atoms with Gasteiger partial charge in [0, 0.05) is 13.1 Å². The van der Waals surface area contributed by atoms with Gasteiger partial charge in [0.05, 0.1) is 0 Å². The molecule has 6 heteroatoms. The van der Waals surface area contributed by atoms with Crippen LogP contribution >= 0.6 is 11.3 Å². The van der Waals surface area contributed by atoms with Gasteiger partial charge in [-0.2, -0.15) is 0 Å². The summed E-state index contributed by atoms with van der Waals surface area (Å²) < 4.78 is 0. The van der Waals surface area contributed by atoms with Gasteiger partial charge >= 0.3 is 0 Å². The molecule has 0 radical (unpaired) electrons. The number of carbonyl (C=O) groups excluding carboxylic acids is 1. The topological polar surface area (TPSA) is 80.0 Å². The van der Waals surface area contributed by atoms with Crippen molar-refractivity contribution >= 4 is 28.2 Å². The SMILES string of the molecule is CC(C)CNc1nc(N)c(C(=O)NCC2(C)CCC2)s1. The summed E-state index contributed by atoms with van der Waals surface area (Å²) in [6, 6.07) is 0. The van der Waals surface area contributed by atoms with Crippen molar-refractivity contribution in [1.29, 1.82) is 0 Å². The molecule has 1 amide bonds. The zero-order valence-corrected chi connectivity index (χ0v) is 13.3. The highest BCUT2D eigenvalue weighted by Crippen LogP contribution is 2.39. The lowest BCUT2D eigenvalue weighted by Crippen LogP contribution is -2.39. The van der Waals surface area contributed by atoms with Crippen LogP contribution in [0.1, 0.15) is 49.7 Å². The molecule has 2 rings (SSSR count). The highest BCUT2D eigenvalue weighted by Gasteiger charge is 2.32. The van der Waals surface area contributed by atoms with E-state index in [0.29, 0.717) is 16.6 Å². The average molecular weight is 296 g/mol. The number of rotatable bonds is 6. The van der Waals surface area contributed by atoms with E-state index in [4.69, 9.17) is 5.73 Å². The van der Waals surface area contributed by atoms with E-state index in [1.54, 1.807) is 0 Å². The minimum atomic E-state index is -0.106. The Morgan fingerprint density at radius 2 is 2.20 bits per heavy atom. The van der Waals surface area contributed by atoms with E-state index >= 15 is 0 Å². The predicted octanol–water partition coefficient (Wildman–Crippen LogP) is 2.71. The van der Waals surface area contributed by atoms with Crippen LogP contribution in [0.25, 0.3) is 0 Å². The van der Waals surface area contributed by atoms with Crippen LogP contribution in [-0.2, 0) is 0 Å². The van der Waals surface area contributed by atoms with E-state index in [1.165, 1.54) is 30.6 Å². The van der Waals surface area contributed by atoms with Crippen LogP contribution < -0.4 is 16.4 Å². The molecule has 112 valence electrons. The van der Waals surface area contributed by atoms with Gasteiger partial charge in [0.25, 0.3) is 5.91 Å². The average Bonchev–Trinajstić information content (AvgIpc) is 2.72. The van der Waals surface area contributed by atoms with Crippen molar-refractivity contribution < 1.29 is 4.79 Å². The molecular weight excluding hydrogens is 272 g/mol. The van der Waals surface area contributed by atoms with E-state index in [0.717, 1.165) is 18.2 Å². The van der Waals surface area contributed by atoms with Crippen molar-refractivity contribution in [2.45, 2.75) is 40.0 Å². The summed E-state index contributed by atoms with van der Waals surface area (Å²) >= 11 is 1.33. The number of hydrogen-bond donors (Lipinski definition) is 3. The van der Waals surface area contributed by atoms with Crippen LogP contribution in [0.5, 0.6) is 0 Å². The van der Waals surface area contributed by atoms with Gasteiger partial charge in [-0.1, -0.05) is 38.5 Å². The fourth-order valence-electron chi connectivity index (χ4n) is 2.19. The highest BCUT2D eigenvalue weighted by molar-refractivity contribution is 7.18. The van der Waals surface area contributed by atoms with Crippen LogP contribution in [-0.4, -0.2) is 24.0 Å². The summed E-state index contributed by atoms with van der Waals surface area (Å²) in [7, 11) is 0. The van der Waals surface area contributed by atoms with Crippen LogP contribution in [0, 0.1) is 11.3 Å². The Bertz CT molecular complexity index is 480. The number of thiazole rings is 1. The number of nitrogens with zero attached hydrogens (tertiary/aromatic N) is 1. The minimum absolute atomic E-state index is 0.106. The van der Waals surface area contributed by atoms with Crippen molar-refractivity contribution in [3.8, 4) is 0 Å². The quantitative estimate of drug-likeness (QED) is 0.754. The monoisotopic (exact) mass is 296 g/mol. The van der Waals surface area contributed by atoms with Crippen LogP contribution in [0.2, 0.25) is 0 Å². The molecule has 0 saturated heterocycles. The first-order valence-corrected chi connectivity index (χ1v) is 8.00. The van der Waals surface area contributed by atoms with Gasteiger partial charge in [0.15, 0.2) is 5.13 Å². The smallest absolute Gasteiger partial charge is 0.265 e. The number of nitrogen functional groups attached to an aromatic ring is 1. The maximum Gasteiger partial charge on any atom is 0.265 e. The second-order valence-corrected chi connectivity index (χ2v) is 7.35. The van der Waals surface area contributed by atoms with Crippen LogP contribution in [0.4, 0.5) is 10.9 Å². The molecule has 0 atom stereocenters. The summed E-state index contributed by atoms with van der Waals surface area (Å²) in [4.78, 5) is 16.9. The zero-order valence-electron chi connectivity index (χ0n) is 12.5. The number of aromatic nitrogens is 1. The Labute approximate surface area is 124 Å². The van der Waals surface area contributed by atoms with E-state index < -0.39 is 0 Å². The standard InChI is InChI=1S/C14H24N4OS/c1-9(2)7-16-13-18-11(15)10(20-13)12(19)17-8-14(3)5-4-6-14/h9H,4-8,15H2,1-3H3,(H,16,18)(H,17,19). The third-order valence-electron chi connectivity index (χ3n) is 3.76. The lowest BCUT2D eigenvalue weighted by Gasteiger charge is -2.38. The van der Waals surface area contributed by atoms with Crippen LogP contribution in [0.3, 0.4) is 0 Å². The molecule has 1 aromatic heterocycles.